The van der Waals surface area contributed by atoms with Crippen LogP contribution in [-0.4, -0.2) is 37.1 Å². The minimum Gasteiger partial charge on any atom is -0.390 e. The van der Waals surface area contributed by atoms with Crippen molar-refractivity contribution in [3.05, 3.63) is 32.6 Å². The van der Waals surface area contributed by atoms with Gasteiger partial charge in [-0.1, -0.05) is 23.4 Å². The van der Waals surface area contributed by atoms with Gasteiger partial charge in [0.25, 0.3) is 0 Å². The molecule has 0 saturated heterocycles. The number of hydrogen-bond donors (Lipinski definition) is 2. The molecule has 0 saturated carbocycles. The highest BCUT2D eigenvalue weighted by Gasteiger charge is 2.25. The molecule has 2 atom stereocenters. The fourth-order valence-corrected chi connectivity index (χ4v) is 2.59. The zero-order chi connectivity index (χ0) is 16.2. The van der Waals surface area contributed by atoms with E-state index in [1.807, 2.05) is 0 Å². The maximum atomic E-state index is 10.8. The maximum Gasteiger partial charge on any atom is 0.306 e. The lowest BCUT2D eigenvalue weighted by atomic mass is 10.0. The van der Waals surface area contributed by atoms with E-state index in [1.54, 1.807) is 0 Å². The van der Waals surface area contributed by atoms with Gasteiger partial charge in [0.05, 0.1) is 11.0 Å². The third-order valence-electron chi connectivity index (χ3n) is 2.79. The largest absolute Gasteiger partial charge is 0.390 e. The van der Waals surface area contributed by atoms with Gasteiger partial charge in [-0.25, -0.2) is 4.98 Å². The van der Waals surface area contributed by atoms with Crippen LogP contribution in [0.2, 0.25) is 5.15 Å². The highest BCUT2D eigenvalue weighted by molar-refractivity contribution is 8.13. The first-order chi connectivity index (χ1) is 9.73. The summed E-state index contributed by atoms with van der Waals surface area (Å²) in [6.45, 7) is 2.94. The number of aliphatic hydroxyl groups excluding tert-OH is 2. The summed E-state index contributed by atoms with van der Waals surface area (Å²) >= 11 is 6.69. The van der Waals surface area contributed by atoms with Crippen LogP contribution in [0.25, 0.3) is 0 Å². The molecule has 1 aromatic rings. The molecule has 2 unspecified atom stereocenters. The summed E-state index contributed by atoms with van der Waals surface area (Å²) in [6, 6.07) is 1.11. The molecule has 2 N–H and O–H groups in total. The third kappa shape index (κ3) is 4.92. The van der Waals surface area contributed by atoms with Gasteiger partial charge in [-0.2, -0.15) is 0 Å². The minimum absolute atomic E-state index is 0.0864. The monoisotopic (exact) mass is 334 g/mol. The van der Waals surface area contributed by atoms with E-state index in [1.165, 1.54) is 13.8 Å². The Kier molecular flexibility index (Phi) is 6.53. The molecule has 1 rings (SSSR count). The van der Waals surface area contributed by atoms with Crippen molar-refractivity contribution in [2.45, 2.75) is 32.5 Å². The Labute approximate surface area is 130 Å². The van der Waals surface area contributed by atoms with Crippen LogP contribution in [0.5, 0.6) is 0 Å². The summed E-state index contributed by atoms with van der Waals surface area (Å²) in [5.41, 5.74) is 0.0180. The summed E-state index contributed by atoms with van der Waals surface area (Å²) in [7, 11) is 0. The van der Waals surface area contributed by atoms with Crippen molar-refractivity contribution in [3.8, 4) is 0 Å². The van der Waals surface area contributed by atoms with Gasteiger partial charge in [-0.05, 0) is 13.3 Å². The number of pyridine rings is 1. The minimum atomic E-state index is -1.33. The number of carbonyl (C=O) groups is 1. The van der Waals surface area contributed by atoms with Crippen molar-refractivity contribution < 1.29 is 19.9 Å². The van der Waals surface area contributed by atoms with Crippen molar-refractivity contribution in [1.82, 2.24) is 4.98 Å². The number of thioether (sulfide) groups is 1. The second-order valence-electron chi connectivity index (χ2n) is 4.37. The summed E-state index contributed by atoms with van der Waals surface area (Å²) in [4.78, 5) is 24.7. The number of nitro groups is 1. The molecule has 0 bridgehead atoms. The predicted octanol–water partition coefficient (Wildman–Crippen LogP) is 2.02. The number of hydrogen-bond acceptors (Lipinski definition) is 7. The molecular formula is C12H15ClN2O5S. The molecule has 0 radical (unpaired) electrons. The molecule has 0 amide bonds. The predicted molar refractivity (Wildman–Crippen MR) is 79.4 cm³/mol. The highest BCUT2D eigenvalue weighted by Crippen LogP contribution is 2.30. The van der Waals surface area contributed by atoms with Gasteiger partial charge >= 0.3 is 5.69 Å². The number of rotatable bonds is 6. The first-order valence-corrected chi connectivity index (χ1v) is 7.41. The lowest BCUT2D eigenvalue weighted by molar-refractivity contribution is -0.385. The van der Waals surface area contributed by atoms with E-state index in [0.29, 0.717) is 11.4 Å². The molecule has 0 aliphatic rings. The van der Waals surface area contributed by atoms with Gasteiger partial charge in [-0.15, -0.1) is 0 Å². The molecule has 1 aromatic heterocycles. The third-order valence-corrected chi connectivity index (χ3v) is 3.91. The standard InChI is InChI=1S/C12H15ClN2O5S/c1-6-8(5-9(15(19)20)12(13)14-6)11(18)10(17)3-4-21-7(2)16/h5,10-11,17-18H,3-4H2,1-2H3. The molecule has 0 aliphatic carbocycles. The first kappa shape index (κ1) is 17.8. The number of halogens is 1. The Morgan fingerprint density at radius 1 is 1.57 bits per heavy atom. The van der Waals surface area contributed by atoms with Crippen molar-refractivity contribution in [2.75, 3.05) is 5.75 Å². The summed E-state index contributed by atoms with van der Waals surface area (Å²) in [6.07, 6.45) is -2.32. The zero-order valence-electron chi connectivity index (χ0n) is 11.4. The SMILES string of the molecule is CC(=O)SCCC(O)C(O)c1cc([N+](=O)[O-])c(Cl)nc1C. The topological polar surface area (TPSA) is 114 Å². The molecule has 0 aromatic carbocycles. The quantitative estimate of drug-likeness (QED) is 0.464. The number of aromatic nitrogens is 1. The average Bonchev–Trinajstić information content (AvgIpc) is 2.37. The number of aliphatic hydroxyl groups is 2. The van der Waals surface area contributed by atoms with E-state index in [-0.39, 0.29) is 22.3 Å². The Bertz CT molecular complexity index is 555. The highest BCUT2D eigenvalue weighted by atomic mass is 35.5. The molecule has 0 aliphatic heterocycles. The van der Waals surface area contributed by atoms with E-state index in [0.717, 1.165) is 17.8 Å². The van der Waals surface area contributed by atoms with Crippen molar-refractivity contribution in [3.63, 3.8) is 0 Å². The molecule has 1 heterocycles. The Hall–Kier alpha value is -1.22. The molecule has 0 fully saturated rings. The van der Waals surface area contributed by atoms with Gasteiger partial charge in [0.1, 0.15) is 6.10 Å². The van der Waals surface area contributed by atoms with Gasteiger partial charge in [-0.3, -0.25) is 14.9 Å². The second kappa shape index (κ2) is 7.69. The van der Waals surface area contributed by atoms with Crippen LogP contribution in [0.1, 0.15) is 30.7 Å². The molecule has 0 spiro atoms. The second-order valence-corrected chi connectivity index (χ2v) is 6.00. The van der Waals surface area contributed by atoms with Crippen LogP contribution in [0.15, 0.2) is 6.07 Å². The smallest absolute Gasteiger partial charge is 0.306 e. The van der Waals surface area contributed by atoms with Crippen LogP contribution in [0.3, 0.4) is 0 Å². The summed E-state index contributed by atoms with van der Waals surface area (Å²) < 4.78 is 0. The normalized spacial score (nSPS) is 13.8. The average molecular weight is 335 g/mol. The Balaban J connectivity index is 2.90. The molecule has 116 valence electrons. The fraction of sp³-hybridized carbons (Fsp3) is 0.500. The van der Waals surface area contributed by atoms with Crippen molar-refractivity contribution in [1.29, 1.82) is 0 Å². The Morgan fingerprint density at radius 3 is 2.71 bits per heavy atom. The van der Waals surface area contributed by atoms with E-state index in [2.05, 4.69) is 4.98 Å². The van der Waals surface area contributed by atoms with Crippen LogP contribution in [0, 0.1) is 17.0 Å². The summed E-state index contributed by atoms with van der Waals surface area (Å²) in [5.74, 6) is 0.343. The van der Waals surface area contributed by atoms with E-state index >= 15 is 0 Å². The van der Waals surface area contributed by atoms with Gasteiger partial charge in [0, 0.05) is 30.0 Å². The Morgan fingerprint density at radius 2 is 2.19 bits per heavy atom. The van der Waals surface area contributed by atoms with E-state index in [9.17, 15) is 25.1 Å². The number of aryl methyl sites for hydroxylation is 1. The molecular weight excluding hydrogens is 320 g/mol. The van der Waals surface area contributed by atoms with E-state index in [4.69, 9.17) is 11.6 Å². The van der Waals surface area contributed by atoms with Gasteiger partial charge < -0.3 is 10.2 Å². The van der Waals surface area contributed by atoms with Crippen LogP contribution >= 0.6 is 23.4 Å². The van der Waals surface area contributed by atoms with Crippen molar-refractivity contribution >= 4 is 34.2 Å². The van der Waals surface area contributed by atoms with Crippen LogP contribution in [-0.2, 0) is 4.79 Å². The van der Waals surface area contributed by atoms with E-state index < -0.39 is 22.8 Å². The molecule has 9 heteroatoms. The molecule has 7 nitrogen and oxygen atoms in total. The molecule has 21 heavy (non-hydrogen) atoms. The van der Waals surface area contributed by atoms with Gasteiger partial charge in [0.15, 0.2) is 5.12 Å². The van der Waals surface area contributed by atoms with Crippen molar-refractivity contribution in [2.24, 2.45) is 0 Å². The van der Waals surface area contributed by atoms with Crippen LogP contribution in [0.4, 0.5) is 5.69 Å². The number of nitrogens with zero attached hydrogens (tertiary/aromatic N) is 2. The maximum absolute atomic E-state index is 10.8. The van der Waals surface area contributed by atoms with Crippen LogP contribution < -0.4 is 0 Å². The summed E-state index contributed by atoms with van der Waals surface area (Å²) in [5, 5.41) is 30.5. The first-order valence-electron chi connectivity index (χ1n) is 6.05. The fourth-order valence-electron chi connectivity index (χ4n) is 1.70. The zero-order valence-corrected chi connectivity index (χ0v) is 13.0. The lowest BCUT2D eigenvalue weighted by Gasteiger charge is -2.19. The van der Waals surface area contributed by atoms with Gasteiger partial charge in [0.2, 0.25) is 5.15 Å². The number of carbonyl (C=O) groups excluding carboxylic acids is 1. The lowest BCUT2D eigenvalue weighted by Crippen LogP contribution is -2.20.